The molecule has 0 aliphatic carbocycles. The van der Waals surface area contributed by atoms with Crippen molar-refractivity contribution < 1.29 is 19.5 Å². The summed E-state index contributed by atoms with van der Waals surface area (Å²) in [6.07, 6.45) is 8.77. The number of halogens is 1. The number of carbonyl (C=O) groups is 3. The number of β-amino-alcohol motifs (C(OH)–C–C–N with tert-alkyl or cyclic N) is 1. The van der Waals surface area contributed by atoms with E-state index in [-0.39, 0.29) is 36.7 Å². The highest BCUT2D eigenvalue weighted by Gasteiger charge is 2.44. The molecule has 0 unspecified atom stereocenters. The molecule has 1 fully saturated rings. The number of aliphatic hydroxyl groups is 1. The molecule has 10 heteroatoms. The summed E-state index contributed by atoms with van der Waals surface area (Å²) in [6, 6.07) is 6.13. The molecular weight excluding hydrogens is 640 g/mol. The number of aromatic nitrogens is 1. The topological polar surface area (TPSA) is 112 Å². The van der Waals surface area contributed by atoms with Crippen molar-refractivity contribution in [1.82, 2.24) is 20.5 Å². The minimum atomic E-state index is -0.810. The third kappa shape index (κ3) is 10.7. The summed E-state index contributed by atoms with van der Waals surface area (Å²) >= 11 is 5.06. The Morgan fingerprint density at radius 3 is 2.20 bits per heavy atom. The highest BCUT2D eigenvalue weighted by Crippen LogP contribution is 2.29. The monoisotopic (exact) mass is 690 g/mol. The van der Waals surface area contributed by atoms with Gasteiger partial charge in [0.15, 0.2) is 0 Å². The molecule has 0 radical (unpaired) electrons. The minimum absolute atomic E-state index is 0.0618. The van der Waals surface area contributed by atoms with Crippen LogP contribution >= 0.6 is 27.3 Å². The molecule has 0 saturated carbocycles. The van der Waals surface area contributed by atoms with Gasteiger partial charge in [0, 0.05) is 24.7 Å². The first-order valence-corrected chi connectivity index (χ1v) is 18.1. The normalized spacial score (nSPS) is 18.2. The molecule has 4 atom stereocenters. The van der Waals surface area contributed by atoms with Gasteiger partial charge in [-0.1, -0.05) is 99.5 Å². The minimum Gasteiger partial charge on any atom is -0.391 e. The average Bonchev–Trinajstić information content (AvgIpc) is 3.59. The number of alkyl halides is 1. The Morgan fingerprint density at radius 2 is 1.64 bits per heavy atom. The Labute approximate surface area is 275 Å². The molecule has 1 aromatic carbocycles. The number of carbonyl (C=O) groups excluding carboxylic acids is 3. The van der Waals surface area contributed by atoms with Gasteiger partial charge in [0.05, 0.1) is 28.2 Å². The van der Waals surface area contributed by atoms with Gasteiger partial charge >= 0.3 is 0 Å². The highest BCUT2D eigenvalue weighted by atomic mass is 79.9. The van der Waals surface area contributed by atoms with E-state index in [1.807, 2.05) is 64.4 Å². The molecule has 3 N–H and O–H groups in total. The van der Waals surface area contributed by atoms with E-state index < -0.39 is 23.6 Å². The molecule has 1 saturated heterocycles. The van der Waals surface area contributed by atoms with Gasteiger partial charge in [0.2, 0.25) is 17.7 Å². The number of rotatable bonds is 16. The van der Waals surface area contributed by atoms with E-state index in [9.17, 15) is 19.5 Å². The van der Waals surface area contributed by atoms with Crippen LogP contribution < -0.4 is 10.6 Å². The predicted molar refractivity (Wildman–Crippen MR) is 182 cm³/mol. The lowest BCUT2D eigenvalue weighted by molar-refractivity contribution is -0.144. The van der Waals surface area contributed by atoms with Crippen molar-refractivity contribution >= 4 is 45.0 Å². The first kappa shape index (κ1) is 36.2. The van der Waals surface area contributed by atoms with Crippen molar-refractivity contribution in [3.05, 3.63) is 41.0 Å². The zero-order valence-corrected chi connectivity index (χ0v) is 29.4. The van der Waals surface area contributed by atoms with Crippen LogP contribution in [0.5, 0.6) is 0 Å². The summed E-state index contributed by atoms with van der Waals surface area (Å²) in [7, 11) is 0. The van der Waals surface area contributed by atoms with Crippen LogP contribution in [-0.2, 0) is 14.4 Å². The first-order chi connectivity index (χ1) is 20.9. The summed E-state index contributed by atoms with van der Waals surface area (Å²) in [5, 5.41) is 17.6. The molecule has 1 aliphatic heterocycles. The average molecular weight is 692 g/mol. The Kier molecular flexibility index (Phi) is 14.3. The van der Waals surface area contributed by atoms with Gasteiger partial charge in [-0.15, -0.1) is 11.3 Å². The number of hydrogen-bond donors (Lipinski definition) is 3. The van der Waals surface area contributed by atoms with E-state index in [1.54, 1.807) is 11.3 Å². The van der Waals surface area contributed by atoms with Crippen LogP contribution in [0, 0.1) is 12.3 Å². The van der Waals surface area contributed by atoms with E-state index in [0.29, 0.717) is 6.42 Å². The largest absolute Gasteiger partial charge is 0.391 e. The fourth-order valence-corrected chi connectivity index (χ4v) is 6.90. The summed E-state index contributed by atoms with van der Waals surface area (Å²) in [6.45, 7) is 9.68. The Hall–Kier alpha value is -2.30. The maximum Gasteiger partial charge on any atom is 0.246 e. The van der Waals surface area contributed by atoms with E-state index in [4.69, 9.17) is 0 Å². The second-order valence-corrected chi connectivity index (χ2v) is 14.8. The third-order valence-electron chi connectivity index (χ3n) is 8.35. The Balaban J connectivity index is 1.56. The summed E-state index contributed by atoms with van der Waals surface area (Å²) in [5.41, 5.74) is 4.27. The standard InChI is InChI=1S/C34H51BrN4O4S/c1-23(25-15-17-26(18-16-25)30-24(2)36-22-44-30)37-32(42)28-20-27(40)21-39(28)33(43)31(34(3,4)5)38-29(41)14-12-10-8-6-7-9-11-13-19-35/h15-18,22-23,27-28,31,40H,6-14,19-21H2,1-5H3,(H,37,42)(H,38,41)/t23-,27+,28-,31+/m0/s1. The van der Waals surface area contributed by atoms with Crippen molar-refractivity contribution in [3.63, 3.8) is 0 Å². The van der Waals surface area contributed by atoms with Gasteiger partial charge in [-0.05, 0) is 43.2 Å². The molecule has 0 spiro atoms. The van der Waals surface area contributed by atoms with E-state index in [0.717, 1.165) is 46.3 Å². The molecule has 2 heterocycles. The van der Waals surface area contributed by atoms with Crippen LogP contribution in [0.15, 0.2) is 29.8 Å². The van der Waals surface area contributed by atoms with Crippen molar-refractivity contribution in [1.29, 1.82) is 0 Å². The van der Waals surface area contributed by atoms with Gasteiger partial charge in [-0.2, -0.15) is 0 Å². The molecule has 0 bridgehead atoms. The van der Waals surface area contributed by atoms with Gasteiger partial charge in [0.1, 0.15) is 12.1 Å². The summed E-state index contributed by atoms with van der Waals surface area (Å²) < 4.78 is 0. The maximum atomic E-state index is 13.9. The fourth-order valence-electron chi connectivity index (χ4n) is 5.69. The van der Waals surface area contributed by atoms with Crippen LogP contribution in [0.4, 0.5) is 0 Å². The van der Waals surface area contributed by atoms with Gasteiger partial charge in [0.25, 0.3) is 0 Å². The van der Waals surface area contributed by atoms with Gasteiger partial charge in [-0.25, -0.2) is 4.98 Å². The number of unbranched alkanes of at least 4 members (excludes halogenated alkanes) is 7. The number of aliphatic hydroxyl groups excluding tert-OH is 1. The van der Waals surface area contributed by atoms with Gasteiger partial charge < -0.3 is 20.6 Å². The molecule has 1 aliphatic rings. The molecule has 244 valence electrons. The van der Waals surface area contributed by atoms with Crippen LogP contribution in [0.3, 0.4) is 0 Å². The number of nitrogens with zero attached hydrogens (tertiary/aromatic N) is 2. The van der Waals surface area contributed by atoms with E-state index in [1.165, 1.54) is 37.0 Å². The number of hydrogen-bond acceptors (Lipinski definition) is 6. The van der Waals surface area contributed by atoms with Crippen LogP contribution in [-0.4, -0.2) is 62.8 Å². The molecular formula is C34H51BrN4O4S. The lowest BCUT2D eigenvalue weighted by Crippen LogP contribution is -2.57. The third-order valence-corrected chi connectivity index (χ3v) is 9.89. The number of benzene rings is 1. The maximum absolute atomic E-state index is 13.9. The molecule has 44 heavy (non-hydrogen) atoms. The van der Waals surface area contributed by atoms with E-state index >= 15 is 0 Å². The lowest BCUT2D eigenvalue weighted by Gasteiger charge is -2.35. The van der Waals surface area contributed by atoms with Crippen molar-refractivity contribution in [2.45, 2.75) is 123 Å². The summed E-state index contributed by atoms with van der Waals surface area (Å²) in [5.74, 6) is -0.791. The Morgan fingerprint density at radius 1 is 1.02 bits per heavy atom. The second kappa shape index (κ2) is 17.4. The number of likely N-dealkylation sites (tertiary alicyclic amines) is 1. The molecule has 3 rings (SSSR count). The Bertz CT molecular complexity index is 1210. The molecule has 1 aromatic heterocycles. The SMILES string of the molecule is Cc1ncsc1-c1ccc([C@H](C)NC(=O)[C@@H]2C[C@@H](O)CN2C(=O)[C@@H](NC(=O)CCCCCCCCCCBr)C(C)(C)C)cc1. The molecule has 2 aromatic rings. The first-order valence-electron chi connectivity index (χ1n) is 16.1. The number of amides is 3. The fraction of sp³-hybridized carbons (Fsp3) is 0.647. The van der Waals surface area contributed by atoms with Crippen molar-refractivity contribution in [3.8, 4) is 10.4 Å². The zero-order chi connectivity index (χ0) is 32.3. The predicted octanol–water partition coefficient (Wildman–Crippen LogP) is 6.69. The second-order valence-electron chi connectivity index (χ2n) is 13.1. The molecule has 3 amide bonds. The van der Waals surface area contributed by atoms with Crippen molar-refractivity contribution in [2.24, 2.45) is 5.41 Å². The van der Waals surface area contributed by atoms with Crippen LogP contribution in [0.25, 0.3) is 10.4 Å². The quantitative estimate of drug-likeness (QED) is 0.134. The smallest absolute Gasteiger partial charge is 0.246 e. The number of nitrogens with one attached hydrogen (secondary N) is 2. The highest BCUT2D eigenvalue weighted by molar-refractivity contribution is 9.09. The van der Waals surface area contributed by atoms with E-state index in [2.05, 4.69) is 31.5 Å². The summed E-state index contributed by atoms with van der Waals surface area (Å²) in [4.78, 5) is 47.1. The number of thiazole rings is 1. The number of aryl methyl sites for hydroxylation is 1. The van der Waals surface area contributed by atoms with Crippen LogP contribution in [0.1, 0.15) is 109 Å². The molecule has 8 nitrogen and oxygen atoms in total. The van der Waals surface area contributed by atoms with Crippen molar-refractivity contribution in [2.75, 3.05) is 11.9 Å². The van der Waals surface area contributed by atoms with Crippen LogP contribution in [0.2, 0.25) is 0 Å². The zero-order valence-electron chi connectivity index (χ0n) is 27.0. The van der Waals surface area contributed by atoms with Gasteiger partial charge in [-0.3, -0.25) is 14.4 Å². The lowest BCUT2D eigenvalue weighted by atomic mass is 9.85.